The molecule has 34 heavy (non-hydrogen) atoms. The lowest BCUT2D eigenvalue weighted by atomic mass is 10.0. The molecule has 0 saturated carbocycles. The van der Waals surface area contributed by atoms with Crippen LogP contribution in [0.25, 0.3) is 16.8 Å². The Morgan fingerprint density at radius 3 is 2.68 bits per heavy atom. The van der Waals surface area contributed by atoms with Crippen LogP contribution in [-0.4, -0.2) is 62.6 Å². The molecule has 2 amide bonds. The lowest BCUT2D eigenvalue weighted by molar-refractivity contribution is -0.121. The number of rotatable bonds is 5. The average Bonchev–Trinajstić information content (AvgIpc) is 3.35. The number of nitrogens with one attached hydrogen (secondary N) is 1. The van der Waals surface area contributed by atoms with Gasteiger partial charge in [-0.3, -0.25) is 19.8 Å². The number of ketones is 1. The van der Waals surface area contributed by atoms with Crippen LogP contribution < -0.4 is 5.32 Å². The van der Waals surface area contributed by atoms with E-state index in [0.29, 0.717) is 12.3 Å². The van der Waals surface area contributed by atoms with Gasteiger partial charge in [-0.15, -0.1) is 5.10 Å². The summed E-state index contributed by atoms with van der Waals surface area (Å²) >= 11 is 0. The molecule has 0 radical (unpaired) electrons. The zero-order valence-corrected chi connectivity index (χ0v) is 19.6. The molecular formula is C24H27N5O5. The summed E-state index contributed by atoms with van der Waals surface area (Å²) in [6.07, 6.45) is 1.03. The second kappa shape index (κ2) is 9.22. The molecule has 1 aliphatic rings. The molecule has 178 valence electrons. The number of anilines is 1. The number of Topliss-reactive ketones (excluding diaryl/α,β-unsaturated/α-hetero) is 1. The Balaban J connectivity index is 1.54. The van der Waals surface area contributed by atoms with Gasteiger partial charge < -0.3 is 9.47 Å². The molecule has 3 aromatic rings. The molecule has 1 N–H and O–H groups in total. The van der Waals surface area contributed by atoms with Crippen LogP contribution in [0.1, 0.15) is 32.8 Å². The number of fused-ring (bicyclic) bond motifs is 1. The number of likely N-dealkylation sites (tertiary alicyclic amines) is 1. The summed E-state index contributed by atoms with van der Waals surface area (Å²) in [5.74, 6) is -0.678. The van der Waals surface area contributed by atoms with Crippen molar-refractivity contribution in [1.29, 1.82) is 0 Å². The first-order valence-electron chi connectivity index (χ1n) is 10.9. The number of carbonyl (C=O) groups is 3. The number of hydrogen-bond acceptors (Lipinski definition) is 7. The van der Waals surface area contributed by atoms with Gasteiger partial charge in [0.25, 0.3) is 0 Å². The van der Waals surface area contributed by atoms with Crippen molar-refractivity contribution in [2.45, 2.75) is 45.4 Å². The number of carbonyl (C=O) groups excluding carboxylic acids is 3. The Labute approximate surface area is 196 Å². The third kappa shape index (κ3) is 5.07. The van der Waals surface area contributed by atoms with Gasteiger partial charge in [-0.05, 0) is 44.0 Å². The van der Waals surface area contributed by atoms with Crippen molar-refractivity contribution in [1.82, 2.24) is 19.5 Å². The number of amides is 2. The van der Waals surface area contributed by atoms with Crippen molar-refractivity contribution in [2.24, 2.45) is 0 Å². The minimum Gasteiger partial charge on any atom is -0.444 e. The molecule has 1 aliphatic heterocycles. The summed E-state index contributed by atoms with van der Waals surface area (Å²) in [4.78, 5) is 42.9. The standard InChI is InChI=1S/C24H27N5O5/c1-24(2,3)34-23(32)28-13-17(30)11-19(28)21(31)26-22-25-20-10-9-15(12-29(20)27-22)18-8-6-5-7-16(18)14-33-4/h5-10,12,19H,11,13-14H2,1-4H3,(H,26,27,31)/t19-/m1/s1. The van der Waals surface area contributed by atoms with E-state index in [4.69, 9.17) is 9.47 Å². The Kier molecular flexibility index (Phi) is 6.34. The molecule has 1 aromatic carbocycles. The fourth-order valence-corrected chi connectivity index (χ4v) is 3.81. The molecule has 1 atom stereocenters. The number of pyridine rings is 1. The predicted molar refractivity (Wildman–Crippen MR) is 124 cm³/mol. The molecule has 3 heterocycles. The minimum absolute atomic E-state index is 0.0795. The SMILES string of the molecule is COCc1ccccc1-c1ccc2nc(NC(=O)[C@H]3CC(=O)CN3C(=O)OC(C)(C)C)nn2c1. The molecule has 0 aliphatic carbocycles. The largest absolute Gasteiger partial charge is 0.444 e. The van der Waals surface area contributed by atoms with E-state index in [2.05, 4.69) is 15.4 Å². The minimum atomic E-state index is -0.981. The predicted octanol–water partition coefficient (Wildman–Crippen LogP) is 3.06. The van der Waals surface area contributed by atoms with Crippen LogP contribution in [0, 0.1) is 0 Å². The van der Waals surface area contributed by atoms with Crippen molar-refractivity contribution in [2.75, 3.05) is 19.0 Å². The van der Waals surface area contributed by atoms with Gasteiger partial charge in [-0.25, -0.2) is 9.31 Å². The Bertz CT molecular complexity index is 1250. The van der Waals surface area contributed by atoms with Gasteiger partial charge in [0, 0.05) is 25.3 Å². The second-order valence-corrected chi connectivity index (χ2v) is 9.10. The maximum atomic E-state index is 12.9. The highest BCUT2D eigenvalue weighted by Crippen LogP contribution is 2.25. The quantitative estimate of drug-likeness (QED) is 0.616. The van der Waals surface area contributed by atoms with E-state index in [1.807, 2.05) is 36.5 Å². The lowest BCUT2D eigenvalue weighted by Gasteiger charge is -2.27. The third-order valence-corrected chi connectivity index (χ3v) is 5.27. The van der Waals surface area contributed by atoms with Crippen molar-refractivity contribution >= 4 is 29.4 Å². The summed E-state index contributed by atoms with van der Waals surface area (Å²) < 4.78 is 12.2. The van der Waals surface area contributed by atoms with Crippen molar-refractivity contribution in [3.8, 4) is 11.1 Å². The normalized spacial score (nSPS) is 16.2. The summed E-state index contributed by atoms with van der Waals surface area (Å²) in [6, 6.07) is 10.6. The van der Waals surface area contributed by atoms with Gasteiger partial charge in [-0.2, -0.15) is 4.98 Å². The average molecular weight is 466 g/mol. The van der Waals surface area contributed by atoms with Crippen LogP contribution in [0.3, 0.4) is 0 Å². The summed E-state index contributed by atoms with van der Waals surface area (Å²) in [5, 5.41) is 6.99. The molecule has 10 heteroatoms. The zero-order valence-electron chi connectivity index (χ0n) is 19.6. The fourth-order valence-electron chi connectivity index (χ4n) is 3.81. The molecule has 0 unspecified atom stereocenters. The maximum Gasteiger partial charge on any atom is 0.411 e. The molecule has 0 spiro atoms. The Morgan fingerprint density at radius 2 is 1.94 bits per heavy atom. The Hall–Kier alpha value is -3.79. The van der Waals surface area contributed by atoms with Gasteiger partial charge >= 0.3 is 6.09 Å². The molecule has 10 nitrogen and oxygen atoms in total. The molecular weight excluding hydrogens is 438 g/mol. The summed E-state index contributed by atoms with van der Waals surface area (Å²) in [7, 11) is 1.65. The van der Waals surface area contributed by atoms with Gasteiger partial charge in [0.2, 0.25) is 11.9 Å². The van der Waals surface area contributed by atoms with Crippen LogP contribution in [0.15, 0.2) is 42.6 Å². The summed E-state index contributed by atoms with van der Waals surface area (Å²) in [5.41, 5.74) is 2.75. The van der Waals surface area contributed by atoms with Crippen LogP contribution in [0.2, 0.25) is 0 Å². The van der Waals surface area contributed by atoms with E-state index in [-0.39, 0.29) is 24.7 Å². The molecule has 4 rings (SSSR count). The van der Waals surface area contributed by atoms with E-state index < -0.39 is 23.6 Å². The molecule has 0 bridgehead atoms. The number of hydrogen-bond donors (Lipinski definition) is 1. The van der Waals surface area contributed by atoms with Crippen LogP contribution >= 0.6 is 0 Å². The van der Waals surface area contributed by atoms with Crippen LogP contribution in [-0.2, 0) is 25.7 Å². The lowest BCUT2D eigenvalue weighted by Crippen LogP contribution is -2.45. The van der Waals surface area contributed by atoms with Crippen molar-refractivity contribution < 1.29 is 23.9 Å². The number of benzene rings is 1. The number of aromatic nitrogens is 3. The van der Waals surface area contributed by atoms with Crippen molar-refractivity contribution in [3.63, 3.8) is 0 Å². The second-order valence-electron chi connectivity index (χ2n) is 9.10. The first-order valence-corrected chi connectivity index (χ1v) is 10.9. The number of methoxy groups -OCH3 is 1. The van der Waals surface area contributed by atoms with E-state index in [1.54, 1.807) is 38.5 Å². The van der Waals surface area contributed by atoms with Gasteiger partial charge in [-0.1, -0.05) is 24.3 Å². The molecule has 1 fully saturated rings. The topological polar surface area (TPSA) is 115 Å². The Morgan fingerprint density at radius 1 is 1.18 bits per heavy atom. The van der Waals surface area contributed by atoms with Crippen LogP contribution in [0.4, 0.5) is 10.7 Å². The first kappa shape index (κ1) is 23.4. The highest BCUT2D eigenvalue weighted by atomic mass is 16.6. The highest BCUT2D eigenvalue weighted by Gasteiger charge is 2.41. The van der Waals surface area contributed by atoms with Gasteiger partial charge in [0.15, 0.2) is 11.4 Å². The smallest absolute Gasteiger partial charge is 0.411 e. The van der Waals surface area contributed by atoms with E-state index in [9.17, 15) is 14.4 Å². The third-order valence-electron chi connectivity index (χ3n) is 5.27. The number of nitrogens with zero attached hydrogens (tertiary/aromatic N) is 4. The van der Waals surface area contributed by atoms with Gasteiger partial charge in [0.1, 0.15) is 11.6 Å². The summed E-state index contributed by atoms with van der Waals surface area (Å²) in [6.45, 7) is 5.47. The number of ether oxygens (including phenoxy) is 2. The van der Waals surface area contributed by atoms with E-state index in [1.165, 1.54) is 0 Å². The van der Waals surface area contributed by atoms with Crippen molar-refractivity contribution in [3.05, 3.63) is 48.2 Å². The van der Waals surface area contributed by atoms with Gasteiger partial charge in [0.05, 0.1) is 13.2 Å². The molecule has 2 aromatic heterocycles. The van der Waals surface area contributed by atoms with E-state index in [0.717, 1.165) is 21.6 Å². The van der Waals surface area contributed by atoms with Crippen LogP contribution in [0.5, 0.6) is 0 Å². The highest BCUT2D eigenvalue weighted by molar-refractivity contribution is 6.02. The monoisotopic (exact) mass is 465 g/mol. The molecule has 1 saturated heterocycles. The maximum absolute atomic E-state index is 12.9. The zero-order chi connectivity index (χ0) is 24.5. The van der Waals surface area contributed by atoms with E-state index >= 15 is 0 Å². The fraction of sp³-hybridized carbons (Fsp3) is 0.375. The first-order chi connectivity index (χ1) is 16.1.